The van der Waals surface area contributed by atoms with Crippen LogP contribution in [0.1, 0.15) is 5.56 Å². The standard InChI is InChI=1S/C68H36N6S2/c1-70-50-35-59(73-57-28-14-26-55(71-51-22-8-2-16-40(51)41-17-3-9-23-52(41)71)67(57)48-33-46-44-20-6-12-30-63(44)75-65(46)36-60(48)73)39(38-69)32-62(50)74-58-29-15-27-56(72-53-24-10-4-18-42(53)43-19-5-11-25-54(43)72)68(58)49-34-47-45-21-7-13-31-64(45)76-66(47)37-61(49)74/h2-37H. The first-order valence-corrected chi connectivity index (χ1v) is 27.0. The van der Waals surface area contributed by atoms with Gasteiger partial charge >= 0.3 is 0 Å². The van der Waals surface area contributed by atoms with Gasteiger partial charge in [0.15, 0.2) is 0 Å². The summed E-state index contributed by atoms with van der Waals surface area (Å²) in [6.07, 6.45) is 0. The van der Waals surface area contributed by atoms with Gasteiger partial charge in [0, 0.05) is 83.4 Å². The molecule has 0 aliphatic rings. The minimum absolute atomic E-state index is 0.447. The number of aromatic nitrogens is 4. The second-order valence-corrected chi connectivity index (χ2v) is 21.9. The zero-order valence-corrected chi connectivity index (χ0v) is 41.9. The van der Waals surface area contributed by atoms with E-state index in [1.165, 1.54) is 52.5 Å². The van der Waals surface area contributed by atoms with Crippen molar-refractivity contribution in [2.75, 3.05) is 0 Å². The number of benzene rings is 11. The Labute approximate surface area is 441 Å². The highest BCUT2D eigenvalue weighted by Crippen LogP contribution is 2.48. The van der Waals surface area contributed by atoms with Gasteiger partial charge < -0.3 is 18.3 Å². The minimum Gasteiger partial charge on any atom is -0.319 e. The summed E-state index contributed by atoms with van der Waals surface area (Å²) in [5, 5.41) is 25.5. The molecule has 6 heterocycles. The van der Waals surface area contributed by atoms with Crippen LogP contribution in [0.4, 0.5) is 5.69 Å². The van der Waals surface area contributed by atoms with Crippen molar-refractivity contribution in [3.63, 3.8) is 0 Å². The Balaban J connectivity index is 0.982. The van der Waals surface area contributed by atoms with E-state index in [2.05, 4.69) is 235 Å². The summed E-state index contributed by atoms with van der Waals surface area (Å²) < 4.78 is 14.1. The summed E-state index contributed by atoms with van der Waals surface area (Å²) in [7, 11) is 0. The second kappa shape index (κ2) is 15.3. The van der Waals surface area contributed by atoms with Crippen molar-refractivity contribution in [2.24, 2.45) is 0 Å². The first-order chi connectivity index (χ1) is 37.6. The number of nitrogens with zero attached hydrogens (tertiary/aromatic N) is 6. The molecule has 0 aliphatic carbocycles. The minimum atomic E-state index is 0.447. The third-order valence-corrected chi connectivity index (χ3v) is 18.3. The lowest BCUT2D eigenvalue weighted by molar-refractivity contribution is 1.14. The molecule has 0 unspecified atom stereocenters. The van der Waals surface area contributed by atoms with Crippen LogP contribution in [-0.2, 0) is 0 Å². The van der Waals surface area contributed by atoms with E-state index >= 15 is 0 Å². The van der Waals surface area contributed by atoms with E-state index in [1.54, 1.807) is 22.7 Å². The number of hydrogen-bond acceptors (Lipinski definition) is 3. The van der Waals surface area contributed by atoms with Gasteiger partial charge in [-0.25, -0.2) is 4.85 Å². The summed E-state index contributed by atoms with van der Waals surface area (Å²) in [6.45, 7) is 9.09. The van der Waals surface area contributed by atoms with Crippen molar-refractivity contribution in [1.29, 1.82) is 5.26 Å². The molecular weight excluding hydrogens is 965 g/mol. The van der Waals surface area contributed by atoms with Gasteiger partial charge in [0.1, 0.15) is 6.07 Å². The average Bonchev–Trinajstić information content (AvgIpc) is 4.51. The Morgan fingerprint density at radius 2 is 0.697 bits per heavy atom. The van der Waals surface area contributed by atoms with Crippen molar-refractivity contribution < 1.29 is 0 Å². The maximum absolute atomic E-state index is 11.6. The van der Waals surface area contributed by atoms with E-state index < -0.39 is 0 Å². The fraction of sp³-hybridized carbons (Fsp3) is 0. The number of fused-ring (bicyclic) bond motifs is 18. The van der Waals surface area contributed by atoms with Crippen molar-refractivity contribution in [2.45, 2.75) is 0 Å². The summed E-state index contributed by atoms with van der Waals surface area (Å²) in [4.78, 5) is 4.40. The van der Waals surface area contributed by atoms with Crippen molar-refractivity contribution in [3.8, 4) is 28.8 Å². The van der Waals surface area contributed by atoms with E-state index in [0.717, 1.165) is 86.5 Å². The number of hydrogen-bond donors (Lipinski definition) is 0. The molecule has 17 rings (SSSR count). The molecule has 0 radical (unpaired) electrons. The molecule has 8 heteroatoms. The molecule has 0 saturated heterocycles. The maximum atomic E-state index is 11.6. The highest BCUT2D eigenvalue weighted by atomic mass is 32.1. The lowest BCUT2D eigenvalue weighted by Crippen LogP contribution is -2.02. The molecule has 350 valence electrons. The maximum Gasteiger partial charge on any atom is 0.212 e. The van der Waals surface area contributed by atoms with Crippen LogP contribution in [0.3, 0.4) is 0 Å². The largest absolute Gasteiger partial charge is 0.319 e. The van der Waals surface area contributed by atoms with Gasteiger partial charge in [-0.2, -0.15) is 5.26 Å². The van der Waals surface area contributed by atoms with E-state index in [0.29, 0.717) is 22.6 Å². The summed E-state index contributed by atoms with van der Waals surface area (Å²) in [5.74, 6) is 0. The van der Waals surface area contributed by atoms with Crippen LogP contribution in [-0.4, -0.2) is 18.3 Å². The third kappa shape index (κ3) is 5.45. The number of thiophene rings is 2. The fourth-order valence-corrected chi connectivity index (χ4v) is 15.1. The Kier molecular flexibility index (Phi) is 8.36. The topological polar surface area (TPSA) is 47.9 Å². The Bertz CT molecular complexity index is 5070. The molecule has 0 bridgehead atoms. The van der Waals surface area contributed by atoms with Gasteiger partial charge in [-0.3, -0.25) is 0 Å². The lowest BCUT2D eigenvalue weighted by atomic mass is 10.1. The fourth-order valence-electron chi connectivity index (χ4n) is 12.9. The highest BCUT2D eigenvalue weighted by Gasteiger charge is 2.27. The smallest absolute Gasteiger partial charge is 0.212 e. The first-order valence-electron chi connectivity index (χ1n) is 25.3. The highest BCUT2D eigenvalue weighted by molar-refractivity contribution is 7.26. The molecule has 0 spiro atoms. The summed E-state index contributed by atoms with van der Waals surface area (Å²) >= 11 is 3.57. The van der Waals surface area contributed by atoms with Crippen LogP contribution >= 0.6 is 22.7 Å². The number of nitriles is 1. The van der Waals surface area contributed by atoms with Gasteiger partial charge in [0.25, 0.3) is 0 Å². The van der Waals surface area contributed by atoms with Crippen LogP contribution in [0.25, 0.3) is 155 Å². The van der Waals surface area contributed by atoms with Crippen LogP contribution in [0.15, 0.2) is 218 Å². The lowest BCUT2D eigenvalue weighted by Gasteiger charge is -2.16. The van der Waals surface area contributed by atoms with Crippen molar-refractivity contribution in [1.82, 2.24) is 18.3 Å². The predicted octanol–water partition coefficient (Wildman–Crippen LogP) is 19.2. The van der Waals surface area contributed by atoms with Gasteiger partial charge in [0.2, 0.25) is 5.69 Å². The average molecular weight is 1000 g/mol. The third-order valence-electron chi connectivity index (χ3n) is 16.0. The molecule has 0 amide bonds. The normalized spacial score (nSPS) is 12.2. The van der Waals surface area contributed by atoms with Crippen LogP contribution in [0, 0.1) is 17.9 Å². The zero-order valence-electron chi connectivity index (χ0n) is 40.3. The Morgan fingerprint density at radius 1 is 0.316 bits per heavy atom. The van der Waals surface area contributed by atoms with Gasteiger partial charge in [-0.15, -0.1) is 22.7 Å². The molecule has 0 N–H and O–H groups in total. The molecule has 76 heavy (non-hydrogen) atoms. The first kappa shape index (κ1) is 41.5. The zero-order chi connectivity index (χ0) is 49.9. The molecule has 6 aromatic heterocycles. The van der Waals surface area contributed by atoms with Gasteiger partial charge in [0.05, 0.1) is 79.0 Å². The summed E-state index contributed by atoms with van der Waals surface area (Å²) in [5.41, 5.74) is 12.7. The molecular formula is C68H36N6S2. The van der Waals surface area contributed by atoms with E-state index in [4.69, 9.17) is 6.57 Å². The van der Waals surface area contributed by atoms with Crippen molar-refractivity contribution in [3.05, 3.63) is 235 Å². The molecule has 11 aromatic carbocycles. The SMILES string of the molecule is [C-]#[N+]c1cc(-n2c3cc4sc5ccccc5c4cc3c3c(-n4c5ccccc5c5ccccc54)cccc32)c(C#N)cc1-n1c2cc3sc4ccccc4c3cc2c2c(-n3c4ccccc4c4ccccc43)cccc21. The molecule has 0 fully saturated rings. The Hall–Kier alpha value is -9.96. The molecule has 0 saturated carbocycles. The predicted molar refractivity (Wildman–Crippen MR) is 321 cm³/mol. The Morgan fingerprint density at radius 3 is 1.13 bits per heavy atom. The van der Waals surface area contributed by atoms with Crippen LogP contribution in [0.2, 0.25) is 0 Å². The van der Waals surface area contributed by atoms with E-state index in [-0.39, 0.29) is 0 Å². The summed E-state index contributed by atoms with van der Waals surface area (Å²) in [6, 6.07) is 80.8. The van der Waals surface area contributed by atoms with E-state index in [1.807, 2.05) is 12.1 Å². The van der Waals surface area contributed by atoms with Crippen molar-refractivity contribution >= 4 is 156 Å². The van der Waals surface area contributed by atoms with Crippen LogP contribution in [0.5, 0.6) is 0 Å². The molecule has 0 aliphatic heterocycles. The molecule has 17 aromatic rings. The molecule has 0 atom stereocenters. The molecule has 6 nitrogen and oxygen atoms in total. The number of para-hydroxylation sites is 4. The monoisotopic (exact) mass is 1000 g/mol. The quantitative estimate of drug-likeness (QED) is 0.162. The van der Waals surface area contributed by atoms with Gasteiger partial charge in [-0.1, -0.05) is 121 Å². The van der Waals surface area contributed by atoms with Crippen LogP contribution < -0.4 is 0 Å². The second-order valence-electron chi connectivity index (χ2n) is 19.8. The van der Waals surface area contributed by atoms with E-state index in [9.17, 15) is 5.26 Å². The number of rotatable bonds is 4. The van der Waals surface area contributed by atoms with Gasteiger partial charge in [-0.05, 0) is 97.1 Å².